The largest absolute Gasteiger partial charge is 0.229 e. The normalized spacial score (nSPS) is 21.2. The van der Waals surface area contributed by atoms with Crippen molar-refractivity contribution in [3.05, 3.63) is 12.2 Å². The van der Waals surface area contributed by atoms with Crippen molar-refractivity contribution in [2.75, 3.05) is 12.0 Å². The second-order valence-corrected chi connectivity index (χ2v) is 5.97. The molecule has 1 fully saturated rings. The van der Waals surface area contributed by atoms with E-state index in [0.717, 1.165) is 25.7 Å². The van der Waals surface area contributed by atoms with Crippen molar-refractivity contribution in [3.63, 3.8) is 0 Å². The van der Waals surface area contributed by atoms with Gasteiger partial charge in [-0.15, -0.1) is 0 Å². The Morgan fingerprint density at radius 2 is 1.92 bits per heavy atom. The van der Waals surface area contributed by atoms with Gasteiger partial charge in [0, 0.05) is 6.26 Å². The second-order valence-electron chi connectivity index (χ2n) is 3.79. The van der Waals surface area contributed by atoms with E-state index in [9.17, 15) is 8.42 Å². The minimum absolute atomic E-state index is 0.361. The standard InChI is InChI=1S/C9H16O2S/c1-8-3-5-9(6-4-8)7-12(2,10)11/h9H,1,3-7H2,2H3. The lowest BCUT2D eigenvalue weighted by Crippen LogP contribution is -2.18. The van der Waals surface area contributed by atoms with Crippen molar-refractivity contribution in [1.82, 2.24) is 0 Å². The second kappa shape index (κ2) is 3.60. The molecule has 0 atom stereocenters. The first-order valence-corrected chi connectivity index (χ1v) is 6.38. The Kier molecular flexibility index (Phi) is 2.94. The summed E-state index contributed by atoms with van der Waals surface area (Å²) >= 11 is 0. The van der Waals surface area contributed by atoms with Gasteiger partial charge in [0.2, 0.25) is 0 Å². The molecule has 1 saturated carbocycles. The zero-order valence-corrected chi connectivity index (χ0v) is 8.36. The molecule has 0 aromatic rings. The van der Waals surface area contributed by atoms with E-state index in [1.54, 1.807) is 0 Å². The molecule has 0 radical (unpaired) electrons. The predicted octanol–water partition coefficient (Wildman–Crippen LogP) is 1.78. The fourth-order valence-electron chi connectivity index (χ4n) is 1.68. The molecule has 0 saturated heterocycles. The average molecular weight is 188 g/mol. The van der Waals surface area contributed by atoms with Crippen molar-refractivity contribution < 1.29 is 8.42 Å². The smallest absolute Gasteiger partial charge is 0.147 e. The molecule has 3 heteroatoms. The van der Waals surface area contributed by atoms with E-state index in [-0.39, 0.29) is 0 Å². The van der Waals surface area contributed by atoms with Gasteiger partial charge in [0.05, 0.1) is 5.75 Å². The van der Waals surface area contributed by atoms with Crippen molar-refractivity contribution >= 4 is 9.84 Å². The van der Waals surface area contributed by atoms with Gasteiger partial charge >= 0.3 is 0 Å². The van der Waals surface area contributed by atoms with Crippen LogP contribution in [0.25, 0.3) is 0 Å². The van der Waals surface area contributed by atoms with Crippen LogP contribution in [0.3, 0.4) is 0 Å². The van der Waals surface area contributed by atoms with E-state index in [4.69, 9.17) is 0 Å². The third-order valence-corrected chi connectivity index (χ3v) is 3.43. The quantitative estimate of drug-likeness (QED) is 0.619. The Morgan fingerprint density at radius 1 is 1.42 bits per heavy atom. The number of sulfone groups is 1. The highest BCUT2D eigenvalue weighted by Gasteiger charge is 2.19. The summed E-state index contributed by atoms with van der Waals surface area (Å²) in [7, 11) is -2.77. The molecular formula is C9H16O2S. The van der Waals surface area contributed by atoms with Crippen LogP contribution >= 0.6 is 0 Å². The molecule has 0 heterocycles. The molecule has 0 unspecified atom stereocenters. The summed E-state index contributed by atoms with van der Waals surface area (Å²) in [6, 6.07) is 0. The molecule has 2 nitrogen and oxygen atoms in total. The maximum absolute atomic E-state index is 11.0. The average Bonchev–Trinajstić information content (AvgIpc) is 1.91. The molecule has 12 heavy (non-hydrogen) atoms. The van der Waals surface area contributed by atoms with E-state index < -0.39 is 9.84 Å². The number of rotatable bonds is 2. The van der Waals surface area contributed by atoms with Crippen LogP contribution in [0, 0.1) is 5.92 Å². The van der Waals surface area contributed by atoms with Gasteiger partial charge in [0.25, 0.3) is 0 Å². The molecule has 0 amide bonds. The molecule has 0 aromatic carbocycles. The molecule has 1 aliphatic rings. The number of allylic oxidation sites excluding steroid dienone is 1. The Hall–Kier alpha value is -0.310. The summed E-state index contributed by atoms with van der Waals surface area (Å²) in [5.41, 5.74) is 1.28. The Balaban J connectivity index is 2.41. The van der Waals surface area contributed by atoms with Gasteiger partial charge in [-0.2, -0.15) is 0 Å². The maximum atomic E-state index is 11.0. The molecule has 0 aliphatic heterocycles. The van der Waals surface area contributed by atoms with Crippen LogP contribution in [-0.2, 0) is 9.84 Å². The van der Waals surface area contributed by atoms with Gasteiger partial charge in [-0.05, 0) is 31.6 Å². The van der Waals surface area contributed by atoms with E-state index in [0.29, 0.717) is 11.7 Å². The van der Waals surface area contributed by atoms with Crippen molar-refractivity contribution in [1.29, 1.82) is 0 Å². The van der Waals surface area contributed by atoms with Crippen molar-refractivity contribution in [3.8, 4) is 0 Å². The summed E-state index contributed by atoms with van der Waals surface area (Å²) in [5.74, 6) is 0.741. The van der Waals surface area contributed by atoms with Crippen molar-refractivity contribution in [2.24, 2.45) is 5.92 Å². The molecular weight excluding hydrogens is 172 g/mol. The first-order valence-electron chi connectivity index (χ1n) is 4.32. The first-order chi connectivity index (χ1) is 5.47. The Bertz CT molecular complexity index is 254. The molecule has 1 rings (SSSR count). The molecule has 0 bridgehead atoms. The minimum Gasteiger partial charge on any atom is -0.229 e. The Morgan fingerprint density at radius 3 is 2.33 bits per heavy atom. The molecule has 0 N–H and O–H groups in total. The molecule has 0 spiro atoms. The molecule has 70 valence electrons. The van der Waals surface area contributed by atoms with Crippen LogP contribution in [0.5, 0.6) is 0 Å². The van der Waals surface area contributed by atoms with Gasteiger partial charge < -0.3 is 0 Å². The van der Waals surface area contributed by atoms with Gasteiger partial charge in [0.15, 0.2) is 0 Å². The van der Waals surface area contributed by atoms with Gasteiger partial charge in [0.1, 0.15) is 9.84 Å². The van der Waals surface area contributed by atoms with Crippen LogP contribution in [0.2, 0.25) is 0 Å². The highest BCUT2D eigenvalue weighted by atomic mass is 32.2. The topological polar surface area (TPSA) is 34.1 Å². The minimum atomic E-state index is -2.77. The monoisotopic (exact) mass is 188 g/mol. The molecule has 1 aliphatic carbocycles. The zero-order valence-electron chi connectivity index (χ0n) is 7.54. The lowest BCUT2D eigenvalue weighted by molar-refractivity contribution is 0.442. The van der Waals surface area contributed by atoms with Crippen LogP contribution in [0.15, 0.2) is 12.2 Å². The predicted molar refractivity (Wildman–Crippen MR) is 50.8 cm³/mol. The fraction of sp³-hybridized carbons (Fsp3) is 0.778. The third-order valence-electron chi connectivity index (χ3n) is 2.35. The van der Waals surface area contributed by atoms with E-state index in [2.05, 4.69) is 6.58 Å². The van der Waals surface area contributed by atoms with Crippen LogP contribution < -0.4 is 0 Å². The highest BCUT2D eigenvalue weighted by Crippen LogP contribution is 2.27. The Labute approximate surface area is 74.6 Å². The number of hydrogen-bond acceptors (Lipinski definition) is 2. The van der Waals surface area contributed by atoms with E-state index in [1.807, 2.05) is 0 Å². The van der Waals surface area contributed by atoms with Gasteiger partial charge in [-0.25, -0.2) is 8.42 Å². The third kappa shape index (κ3) is 3.39. The summed E-state index contributed by atoms with van der Waals surface area (Å²) in [6.07, 6.45) is 5.36. The highest BCUT2D eigenvalue weighted by molar-refractivity contribution is 7.90. The lowest BCUT2D eigenvalue weighted by Gasteiger charge is -2.22. The summed E-state index contributed by atoms with van der Waals surface area (Å²) < 4.78 is 21.9. The van der Waals surface area contributed by atoms with Gasteiger partial charge in [-0.1, -0.05) is 12.2 Å². The summed E-state index contributed by atoms with van der Waals surface area (Å²) in [4.78, 5) is 0. The maximum Gasteiger partial charge on any atom is 0.147 e. The van der Waals surface area contributed by atoms with E-state index >= 15 is 0 Å². The summed E-state index contributed by atoms with van der Waals surface area (Å²) in [5, 5.41) is 0. The zero-order chi connectivity index (χ0) is 9.19. The molecule has 0 aromatic heterocycles. The van der Waals surface area contributed by atoms with Gasteiger partial charge in [-0.3, -0.25) is 0 Å². The summed E-state index contributed by atoms with van der Waals surface area (Å²) in [6.45, 7) is 3.90. The van der Waals surface area contributed by atoms with Crippen molar-refractivity contribution in [2.45, 2.75) is 25.7 Å². The van der Waals surface area contributed by atoms with Crippen LogP contribution in [0.1, 0.15) is 25.7 Å². The SMILES string of the molecule is C=C1CCC(CS(C)(=O)=O)CC1. The number of hydrogen-bond donors (Lipinski definition) is 0. The van der Waals surface area contributed by atoms with Crippen LogP contribution in [-0.4, -0.2) is 20.4 Å². The van der Waals surface area contributed by atoms with Crippen LogP contribution in [0.4, 0.5) is 0 Å². The lowest BCUT2D eigenvalue weighted by atomic mass is 9.88. The van der Waals surface area contributed by atoms with E-state index in [1.165, 1.54) is 11.8 Å². The first kappa shape index (κ1) is 9.78. The fourth-order valence-corrected chi connectivity index (χ4v) is 2.87.